The molecule has 152 valence electrons. The Morgan fingerprint density at radius 3 is 2.37 bits per heavy atom. The van der Waals surface area contributed by atoms with E-state index in [0.29, 0.717) is 17.3 Å². The van der Waals surface area contributed by atoms with Crippen molar-refractivity contribution in [1.82, 2.24) is 0 Å². The summed E-state index contributed by atoms with van der Waals surface area (Å²) in [6.07, 6.45) is -6.01. The van der Waals surface area contributed by atoms with E-state index in [1.165, 1.54) is 24.3 Å². The number of hydrogen-bond acceptors (Lipinski definition) is 12. The van der Waals surface area contributed by atoms with Gasteiger partial charge in [0.2, 0.25) is 0 Å². The number of aliphatic hydroxyl groups excluding tert-OH is 4. The summed E-state index contributed by atoms with van der Waals surface area (Å²) in [6, 6.07) is 5.75. The van der Waals surface area contributed by atoms with E-state index in [9.17, 15) is 38.5 Å². The molecule has 0 bridgehead atoms. The van der Waals surface area contributed by atoms with Crippen molar-refractivity contribution >= 4 is 27.2 Å². The van der Waals surface area contributed by atoms with Crippen molar-refractivity contribution in [3.05, 3.63) is 29.8 Å². The predicted octanol–water partition coefficient (Wildman–Crippen LogP) is -1.74. The van der Waals surface area contributed by atoms with E-state index >= 15 is 0 Å². The lowest BCUT2D eigenvalue weighted by molar-refractivity contribution is -0.205. The van der Waals surface area contributed by atoms with Crippen LogP contribution in [-0.4, -0.2) is 80.0 Å². The van der Waals surface area contributed by atoms with E-state index in [2.05, 4.69) is 9.44 Å². The third-order valence-electron chi connectivity index (χ3n) is 3.62. The number of aromatic hydroxyl groups is 1. The lowest BCUT2D eigenvalue weighted by Crippen LogP contribution is -2.57. The van der Waals surface area contributed by atoms with Crippen LogP contribution in [0, 0.1) is 0 Å². The van der Waals surface area contributed by atoms with E-state index < -0.39 is 46.9 Å². The molecule has 1 heterocycles. The van der Waals surface area contributed by atoms with Crippen molar-refractivity contribution in [2.45, 2.75) is 36.3 Å². The number of phenolic OH excluding ortho intramolecular Hbond substituents is 1. The van der Waals surface area contributed by atoms with Crippen LogP contribution in [0.1, 0.15) is 5.56 Å². The SMILES string of the molecule is O=S(=O)([O-])O/N=C(\Cc1ccc(O)cc1)S[C@@H]1O[C@H](CO)[C@@H](O)[C@@H](O)[C@H]1O. The van der Waals surface area contributed by atoms with Gasteiger partial charge >= 0.3 is 0 Å². The van der Waals surface area contributed by atoms with Crippen LogP contribution in [0.3, 0.4) is 0 Å². The second kappa shape index (κ2) is 9.16. The fourth-order valence-corrected chi connectivity index (χ4v) is 3.60. The number of thioether (sulfide) groups is 1. The van der Waals surface area contributed by atoms with Gasteiger partial charge in [0.15, 0.2) is 0 Å². The summed E-state index contributed by atoms with van der Waals surface area (Å²) in [5.74, 6) is -0.00258. The maximum atomic E-state index is 10.7. The van der Waals surface area contributed by atoms with Gasteiger partial charge in [-0.25, -0.2) is 0 Å². The Labute approximate surface area is 158 Å². The summed E-state index contributed by atoms with van der Waals surface area (Å²) in [7, 11) is -5.13. The summed E-state index contributed by atoms with van der Waals surface area (Å²) < 4.78 is 41.2. The van der Waals surface area contributed by atoms with Crippen LogP contribution < -0.4 is 0 Å². The molecule has 1 aliphatic rings. The third kappa shape index (κ3) is 6.29. The zero-order valence-corrected chi connectivity index (χ0v) is 15.3. The Morgan fingerprint density at radius 1 is 1.19 bits per heavy atom. The summed E-state index contributed by atoms with van der Waals surface area (Å²) >= 11 is 0.643. The van der Waals surface area contributed by atoms with Crippen LogP contribution >= 0.6 is 11.8 Å². The van der Waals surface area contributed by atoms with E-state index in [0.717, 1.165) is 0 Å². The van der Waals surface area contributed by atoms with Gasteiger partial charge in [-0.2, -0.15) is 8.42 Å². The molecule has 5 atom stereocenters. The zero-order valence-electron chi connectivity index (χ0n) is 13.7. The largest absolute Gasteiger partial charge is 0.714 e. The first-order valence-corrected chi connectivity index (χ1v) is 9.78. The first kappa shape index (κ1) is 21.8. The molecule has 0 saturated carbocycles. The fourth-order valence-electron chi connectivity index (χ4n) is 2.27. The second-order valence-electron chi connectivity index (χ2n) is 5.63. The molecule has 1 fully saturated rings. The number of rotatable bonds is 6. The Balaban J connectivity index is 2.20. The summed E-state index contributed by atoms with van der Waals surface area (Å²) in [5.41, 5.74) is -0.690. The number of nitrogens with zero attached hydrogens (tertiary/aromatic N) is 1. The normalized spacial score (nSPS) is 29.5. The van der Waals surface area contributed by atoms with Gasteiger partial charge in [0.1, 0.15) is 40.6 Å². The van der Waals surface area contributed by atoms with Crippen LogP contribution in [0.25, 0.3) is 0 Å². The van der Waals surface area contributed by atoms with Gasteiger partial charge in [0.05, 0.1) is 6.61 Å². The highest BCUT2D eigenvalue weighted by atomic mass is 32.3. The second-order valence-corrected chi connectivity index (χ2v) is 7.76. The highest BCUT2D eigenvalue weighted by Gasteiger charge is 2.44. The number of hydrogen-bond donors (Lipinski definition) is 5. The van der Waals surface area contributed by atoms with Gasteiger partial charge in [-0.15, -0.1) is 0 Å². The molecule has 1 saturated heterocycles. The number of benzene rings is 1. The van der Waals surface area contributed by atoms with Gasteiger partial charge < -0.3 is 34.8 Å². The van der Waals surface area contributed by atoms with Crippen LogP contribution in [0.15, 0.2) is 29.4 Å². The van der Waals surface area contributed by atoms with E-state index in [-0.39, 0.29) is 17.2 Å². The highest BCUT2D eigenvalue weighted by Crippen LogP contribution is 2.30. The molecule has 0 amide bonds. The minimum absolute atomic E-state index is 0.00258. The Kier molecular flexibility index (Phi) is 7.41. The molecule has 5 N–H and O–H groups in total. The van der Waals surface area contributed by atoms with Crippen molar-refractivity contribution in [1.29, 1.82) is 0 Å². The molecule has 2 rings (SSSR count). The molecule has 1 aromatic carbocycles. The average Bonchev–Trinajstić information content (AvgIpc) is 2.61. The predicted molar refractivity (Wildman–Crippen MR) is 91.4 cm³/mol. The Bertz CT molecular complexity index is 752. The number of aliphatic hydroxyl groups is 4. The molecular formula is C14H18NO10S2-. The van der Waals surface area contributed by atoms with Crippen LogP contribution in [0.2, 0.25) is 0 Å². The molecule has 1 aromatic rings. The summed E-state index contributed by atoms with van der Waals surface area (Å²) in [5, 5.41) is 51.3. The van der Waals surface area contributed by atoms with Crippen molar-refractivity contribution in [2.75, 3.05) is 6.61 Å². The molecule has 27 heavy (non-hydrogen) atoms. The Morgan fingerprint density at radius 2 is 1.81 bits per heavy atom. The van der Waals surface area contributed by atoms with Crippen LogP contribution in [0.4, 0.5) is 0 Å². The maximum Gasteiger partial charge on any atom is 0.284 e. The standard InChI is InChI=1S/C14H19NO10S2/c16-6-9-11(18)12(19)13(20)14(24-9)26-10(15-25-27(21,22)23)5-7-1-3-8(17)4-2-7/h1-4,9,11-14,16-20H,5-6H2,(H,21,22,23)/p-1/b15-10+/t9-,11-,12-,13-,14+/m1/s1. The lowest BCUT2D eigenvalue weighted by atomic mass is 10.0. The molecule has 0 radical (unpaired) electrons. The number of ether oxygens (including phenoxy) is 1. The first-order chi connectivity index (χ1) is 12.6. The monoisotopic (exact) mass is 424 g/mol. The molecule has 13 heteroatoms. The summed E-state index contributed by atoms with van der Waals surface area (Å²) in [4.78, 5) is 0. The number of phenols is 1. The van der Waals surface area contributed by atoms with Crippen LogP contribution in [-0.2, 0) is 25.8 Å². The molecule has 0 unspecified atom stereocenters. The van der Waals surface area contributed by atoms with Crippen molar-refractivity contribution in [3.8, 4) is 5.75 Å². The van der Waals surface area contributed by atoms with Gasteiger partial charge in [-0.1, -0.05) is 29.1 Å². The summed E-state index contributed by atoms with van der Waals surface area (Å²) in [6.45, 7) is -0.641. The average molecular weight is 424 g/mol. The minimum Gasteiger partial charge on any atom is -0.714 e. The highest BCUT2D eigenvalue weighted by molar-refractivity contribution is 8.14. The zero-order chi connectivity index (χ0) is 20.2. The van der Waals surface area contributed by atoms with Crippen molar-refractivity contribution in [3.63, 3.8) is 0 Å². The van der Waals surface area contributed by atoms with E-state index in [1.807, 2.05) is 0 Å². The fraction of sp³-hybridized carbons (Fsp3) is 0.500. The molecule has 11 nitrogen and oxygen atoms in total. The van der Waals surface area contributed by atoms with Crippen molar-refractivity contribution < 1.29 is 47.5 Å². The van der Waals surface area contributed by atoms with E-state index in [1.54, 1.807) is 0 Å². The molecular weight excluding hydrogens is 406 g/mol. The smallest absolute Gasteiger partial charge is 0.284 e. The van der Waals surface area contributed by atoms with Crippen LogP contribution in [0.5, 0.6) is 5.75 Å². The molecule has 1 aliphatic heterocycles. The first-order valence-electron chi connectivity index (χ1n) is 7.57. The van der Waals surface area contributed by atoms with Gasteiger partial charge in [-0.05, 0) is 17.7 Å². The molecule has 0 aromatic heterocycles. The molecule has 0 aliphatic carbocycles. The van der Waals surface area contributed by atoms with Gasteiger partial charge in [0.25, 0.3) is 10.4 Å². The third-order valence-corrected chi connectivity index (χ3v) is 4.99. The topological polar surface area (TPSA) is 189 Å². The van der Waals surface area contributed by atoms with Gasteiger partial charge in [0, 0.05) is 6.42 Å². The maximum absolute atomic E-state index is 10.7. The lowest BCUT2D eigenvalue weighted by Gasteiger charge is -2.39. The van der Waals surface area contributed by atoms with E-state index in [4.69, 9.17) is 4.74 Å². The number of oxime groups is 1. The molecule has 0 spiro atoms. The van der Waals surface area contributed by atoms with Crippen molar-refractivity contribution in [2.24, 2.45) is 5.16 Å². The minimum atomic E-state index is -5.13. The quantitative estimate of drug-likeness (QED) is 0.115. The Hall–Kier alpha value is -1.45. The van der Waals surface area contributed by atoms with Gasteiger partial charge in [-0.3, -0.25) is 4.28 Å².